The third-order valence-corrected chi connectivity index (χ3v) is 6.75. The standard InChI is InChI=1S/C28H37N7O3/c1-2-38-28(37)35-17-12-21(13-18-35)24-6-4-15-31-25(24)34-27(29)33-23-9-7-22(8-10-23)26(36)32-16-11-20-5-3-14-30-19-20/h4,6-10,12,15,20,30H,2-3,5,11,13-14,16-19H2,1H3,(H,32,36)(H3,29,31,33,34). The van der Waals surface area contributed by atoms with Crippen molar-refractivity contribution >= 4 is 35.0 Å². The summed E-state index contributed by atoms with van der Waals surface area (Å²) in [6.45, 7) is 5.99. The maximum Gasteiger partial charge on any atom is 0.410 e. The van der Waals surface area contributed by atoms with Crippen molar-refractivity contribution in [2.45, 2.75) is 32.6 Å². The average Bonchev–Trinajstić information content (AvgIpc) is 2.94. The van der Waals surface area contributed by atoms with Gasteiger partial charge in [0.25, 0.3) is 5.91 Å². The number of nitrogens with two attached hydrogens (primary N) is 1. The highest BCUT2D eigenvalue weighted by Gasteiger charge is 2.20. The normalized spacial score (nSPS) is 17.9. The molecule has 5 N–H and O–H groups in total. The topological polar surface area (TPSA) is 134 Å². The van der Waals surface area contributed by atoms with Gasteiger partial charge in [0.15, 0.2) is 11.8 Å². The molecule has 2 amide bonds. The number of carbonyl (C=O) groups excluding carboxylic acids is 2. The predicted octanol–water partition coefficient (Wildman–Crippen LogP) is 3.51. The van der Waals surface area contributed by atoms with Crippen LogP contribution in [0.1, 0.15) is 48.5 Å². The van der Waals surface area contributed by atoms with Gasteiger partial charge in [-0.1, -0.05) is 6.08 Å². The number of aromatic nitrogens is 1. The molecule has 38 heavy (non-hydrogen) atoms. The number of aliphatic imine (C=N–C) groups is 1. The fraction of sp³-hybridized carbons (Fsp3) is 0.429. The molecular formula is C28H37N7O3. The minimum atomic E-state index is -0.304. The number of nitrogens with one attached hydrogen (secondary N) is 3. The van der Waals surface area contributed by atoms with Gasteiger partial charge in [-0.05, 0) is 93.6 Å². The van der Waals surface area contributed by atoms with Crippen LogP contribution in [-0.2, 0) is 4.74 Å². The van der Waals surface area contributed by atoms with Crippen molar-refractivity contribution in [2.24, 2.45) is 16.6 Å². The molecule has 0 spiro atoms. The number of guanidine groups is 1. The van der Waals surface area contributed by atoms with Crippen LogP contribution in [0.25, 0.3) is 5.57 Å². The van der Waals surface area contributed by atoms with Crippen molar-refractivity contribution in [3.63, 3.8) is 0 Å². The molecule has 10 heteroatoms. The second-order valence-corrected chi connectivity index (χ2v) is 9.46. The zero-order valence-electron chi connectivity index (χ0n) is 21.9. The molecule has 1 aromatic heterocycles. The maximum absolute atomic E-state index is 12.5. The van der Waals surface area contributed by atoms with Crippen molar-refractivity contribution in [2.75, 3.05) is 44.6 Å². The number of nitrogens with zero attached hydrogens (tertiary/aromatic N) is 3. The highest BCUT2D eigenvalue weighted by Crippen LogP contribution is 2.29. The van der Waals surface area contributed by atoms with Crippen LogP contribution in [0.3, 0.4) is 0 Å². The molecule has 2 aromatic rings. The summed E-state index contributed by atoms with van der Waals surface area (Å²) in [6.07, 6.45) is 7.44. The van der Waals surface area contributed by atoms with Crippen LogP contribution in [-0.4, -0.2) is 67.2 Å². The van der Waals surface area contributed by atoms with Gasteiger partial charge in [-0.25, -0.2) is 9.78 Å². The summed E-state index contributed by atoms with van der Waals surface area (Å²) in [6, 6.07) is 10.9. The van der Waals surface area contributed by atoms with Crippen LogP contribution >= 0.6 is 0 Å². The molecule has 3 heterocycles. The third kappa shape index (κ3) is 7.55. The Morgan fingerprint density at radius 2 is 2.11 bits per heavy atom. The summed E-state index contributed by atoms with van der Waals surface area (Å²) >= 11 is 0. The molecule has 0 aliphatic carbocycles. The minimum absolute atomic E-state index is 0.0811. The van der Waals surface area contributed by atoms with E-state index in [9.17, 15) is 9.59 Å². The number of anilines is 1. The predicted molar refractivity (Wildman–Crippen MR) is 149 cm³/mol. The molecule has 1 atom stereocenters. The van der Waals surface area contributed by atoms with E-state index in [4.69, 9.17) is 10.5 Å². The lowest BCUT2D eigenvalue weighted by Gasteiger charge is -2.26. The number of hydrogen-bond acceptors (Lipinski definition) is 6. The summed E-state index contributed by atoms with van der Waals surface area (Å²) in [7, 11) is 0. The molecular weight excluding hydrogens is 482 g/mol. The van der Waals surface area contributed by atoms with Gasteiger partial charge >= 0.3 is 6.09 Å². The number of piperidine rings is 1. The van der Waals surface area contributed by atoms with Gasteiger partial charge in [0.05, 0.1) is 6.61 Å². The molecule has 1 fully saturated rings. The van der Waals surface area contributed by atoms with Gasteiger partial charge in [0.2, 0.25) is 0 Å². The van der Waals surface area contributed by atoms with E-state index in [0.29, 0.717) is 50.0 Å². The Labute approximate surface area is 223 Å². The fourth-order valence-electron chi connectivity index (χ4n) is 4.69. The van der Waals surface area contributed by atoms with E-state index in [1.165, 1.54) is 12.8 Å². The Bertz CT molecular complexity index is 1160. The summed E-state index contributed by atoms with van der Waals surface area (Å²) in [5.74, 6) is 1.24. The summed E-state index contributed by atoms with van der Waals surface area (Å²) in [4.78, 5) is 35.1. The van der Waals surface area contributed by atoms with E-state index in [2.05, 4.69) is 25.9 Å². The summed E-state index contributed by atoms with van der Waals surface area (Å²) < 4.78 is 5.09. The van der Waals surface area contributed by atoms with Crippen LogP contribution in [0.2, 0.25) is 0 Å². The van der Waals surface area contributed by atoms with E-state index in [1.54, 1.807) is 42.3 Å². The molecule has 202 valence electrons. The number of hydrogen-bond donors (Lipinski definition) is 4. The SMILES string of the molecule is CCOC(=O)N1CC=C(c2cccnc2N=C(N)Nc2ccc(C(=O)NCCC3CCCNC3)cc2)CC1. The van der Waals surface area contributed by atoms with Crippen molar-refractivity contribution in [3.8, 4) is 0 Å². The van der Waals surface area contributed by atoms with Crippen molar-refractivity contribution < 1.29 is 14.3 Å². The van der Waals surface area contributed by atoms with E-state index in [-0.39, 0.29) is 18.0 Å². The molecule has 0 bridgehead atoms. The largest absolute Gasteiger partial charge is 0.450 e. The first-order valence-electron chi connectivity index (χ1n) is 13.3. The fourth-order valence-corrected chi connectivity index (χ4v) is 4.69. The lowest BCUT2D eigenvalue weighted by molar-refractivity contribution is 0.0950. The monoisotopic (exact) mass is 519 g/mol. The molecule has 2 aliphatic heterocycles. The average molecular weight is 520 g/mol. The quantitative estimate of drug-likeness (QED) is 0.310. The third-order valence-electron chi connectivity index (χ3n) is 6.75. The van der Waals surface area contributed by atoms with Crippen LogP contribution in [0.15, 0.2) is 53.7 Å². The van der Waals surface area contributed by atoms with Gasteiger partial charge in [0, 0.05) is 42.6 Å². The zero-order chi connectivity index (χ0) is 26.7. The molecule has 1 aromatic carbocycles. The molecule has 0 saturated carbocycles. The second-order valence-electron chi connectivity index (χ2n) is 9.46. The van der Waals surface area contributed by atoms with Crippen LogP contribution in [0.4, 0.5) is 16.3 Å². The second kappa shape index (κ2) is 13.6. The summed E-state index contributed by atoms with van der Waals surface area (Å²) in [5, 5.41) is 9.49. The number of pyridine rings is 1. The smallest absolute Gasteiger partial charge is 0.410 e. The Hall–Kier alpha value is -3.92. The molecule has 4 rings (SSSR count). The number of amides is 2. The lowest BCUT2D eigenvalue weighted by Crippen LogP contribution is -2.35. The van der Waals surface area contributed by atoms with Gasteiger partial charge in [-0.3, -0.25) is 4.79 Å². The lowest BCUT2D eigenvalue weighted by atomic mass is 9.96. The van der Waals surface area contributed by atoms with Crippen molar-refractivity contribution in [3.05, 3.63) is 59.8 Å². The van der Waals surface area contributed by atoms with E-state index in [0.717, 1.165) is 36.3 Å². The van der Waals surface area contributed by atoms with Gasteiger partial charge in [0.1, 0.15) is 0 Å². The van der Waals surface area contributed by atoms with Crippen LogP contribution in [0.5, 0.6) is 0 Å². The van der Waals surface area contributed by atoms with Crippen LogP contribution < -0.4 is 21.7 Å². The number of carbonyl (C=O) groups is 2. The van der Waals surface area contributed by atoms with Crippen molar-refractivity contribution in [1.82, 2.24) is 20.5 Å². The number of ether oxygens (including phenoxy) is 1. The van der Waals surface area contributed by atoms with E-state index in [1.807, 2.05) is 18.2 Å². The first-order chi connectivity index (χ1) is 18.5. The molecule has 1 unspecified atom stereocenters. The Morgan fingerprint density at radius 1 is 1.26 bits per heavy atom. The zero-order valence-corrected chi connectivity index (χ0v) is 21.9. The Balaban J connectivity index is 1.33. The van der Waals surface area contributed by atoms with E-state index < -0.39 is 0 Å². The summed E-state index contributed by atoms with van der Waals surface area (Å²) in [5.41, 5.74) is 9.44. The van der Waals surface area contributed by atoms with E-state index >= 15 is 0 Å². The first-order valence-corrected chi connectivity index (χ1v) is 13.3. The maximum atomic E-state index is 12.5. The minimum Gasteiger partial charge on any atom is -0.450 e. The highest BCUT2D eigenvalue weighted by molar-refractivity contribution is 5.97. The first kappa shape index (κ1) is 27.1. The molecule has 2 aliphatic rings. The van der Waals surface area contributed by atoms with Crippen molar-refractivity contribution in [1.29, 1.82) is 0 Å². The molecule has 10 nitrogen and oxygen atoms in total. The Morgan fingerprint density at radius 3 is 2.82 bits per heavy atom. The number of benzene rings is 1. The molecule has 0 radical (unpaired) electrons. The Kier molecular flexibility index (Phi) is 9.69. The van der Waals surface area contributed by atoms with Gasteiger partial charge in [-0.15, -0.1) is 0 Å². The highest BCUT2D eigenvalue weighted by atomic mass is 16.6. The van der Waals surface area contributed by atoms with Gasteiger partial charge < -0.3 is 31.3 Å². The van der Waals surface area contributed by atoms with Gasteiger partial charge in [-0.2, -0.15) is 4.99 Å². The number of rotatable bonds is 8. The molecule has 1 saturated heterocycles. The van der Waals surface area contributed by atoms with Crippen LogP contribution in [0, 0.1) is 5.92 Å².